The highest BCUT2D eigenvalue weighted by atomic mass is 32.1. The van der Waals surface area contributed by atoms with Crippen molar-refractivity contribution < 1.29 is 14.6 Å². The summed E-state index contributed by atoms with van der Waals surface area (Å²) in [6.07, 6.45) is 2.12. The van der Waals surface area contributed by atoms with E-state index in [2.05, 4.69) is 20.3 Å². The second-order valence-corrected chi connectivity index (χ2v) is 5.46. The maximum Gasteiger partial charge on any atom is 0.355 e. The lowest BCUT2D eigenvalue weighted by Crippen LogP contribution is -2.10. The molecule has 0 fully saturated rings. The zero-order valence-electron chi connectivity index (χ0n) is 11.7. The van der Waals surface area contributed by atoms with Gasteiger partial charge in [0, 0.05) is 24.4 Å². The van der Waals surface area contributed by atoms with Gasteiger partial charge in [0.2, 0.25) is 5.88 Å². The molecule has 0 aromatic carbocycles. The third kappa shape index (κ3) is 4.67. The van der Waals surface area contributed by atoms with E-state index in [-0.39, 0.29) is 11.8 Å². The fourth-order valence-electron chi connectivity index (χ4n) is 1.56. The van der Waals surface area contributed by atoms with Crippen molar-refractivity contribution in [1.82, 2.24) is 15.0 Å². The molecule has 2 aromatic heterocycles. The molecule has 7 nitrogen and oxygen atoms in total. The normalized spacial score (nSPS) is 10.6. The molecule has 0 radical (unpaired) electrons. The number of anilines is 1. The quantitative estimate of drug-likeness (QED) is 0.808. The van der Waals surface area contributed by atoms with Crippen LogP contribution in [-0.4, -0.2) is 38.7 Å². The lowest BCUT2D eigenvalue weighted by molar-refractivity contribution is 0.0691. The van der Waals surface area contributed by atoms with E-state index in [1.165, 1.54) is 23.0 Å². The molecule has 0 saturated heterocycles. The first-order valence-corrected chi connectivity index (χ1v) is 7.33. The van der Waals surface area contributed by atoms with Gasteiger partial charge in [0.05, 0.1) is 11.1 Å². The highest BCUT2D eigenvalue weighted by molar-refractivity contribution is 7.09. The number of thiazole rings is 1. The van der Waals surface area contributed by atoms with Crippen molar-refractivity contribution in [2.75, 3.05) is 11.9 Å². The molecule has 2 aromatic rings. The minimum atomic E-state index is -1.00. The Bertz CT molecular complexity index is 615. The van der Waals surface area contributed by atoms with E-state index >= 15 is 0 Å². The van der Waals surface area contributed by atoms with Gasteiger partial charge in [-0.3, -0.25) is 0 Å². The van der Waals surface area contributed by atoms with Crippen LogP contribution in [0.1, 0.15) is 29.3 Å². The first-order valence-electron chi connectivity index (χ1n) is 6.45. The Hall–Kier alpha value is -2.22. The molecular formula is C13H16N4O3S. The fourth-order valence-corrected chi connectivity index (χ4v) is 2.34. The van der Waals surface area contributed by atoms with Crippen LogP contribution in [0, 0.1) is 0 Å². The van der Waals surface area contributed by atoms with E-state index in [0.717, 1.165) is 5.01 Å². The molecule has 0 atom stereocenters. The maximum absolute atomic E-state index is 10.7. The molecule has 2 N–H and O–H groups in total. The van der Waals surface area contributed by atoms with E-state index in [9.17, 15) is 4.79 Å². The first-order chi connectivity index (χ1) is 10.0. The molecule has 2 rings (SSSR count). The third-order valence-corrected chi connectivity index (χ3v) is 3.32. The molecule has 0 amide bonds. The van der Waals surface area contributed by atoms with Crippen molar-refractivity contribution in [1.29, 1.82) is 0 Å². The predicted molar refractivity (Wildman–Crippen MR) is 79.1 cm³/mol. The molecule has 0 aliphatic rings. The van der Waals surface area contributed by atoms with Crippen LogP contribution in [0.2, 0.25) is 0 Å². The highest BCUT2D eigenvalue weighted by Gasteiger charge is 2.08. The monoisotopic (exact) mass is 308 g/mol. The van der Waals surface area contributed by atoms with E-state index in [4.69, 9.17) is 9.84 Å². The third-order valence-electron chi connectivity index (χ3n) is 2.41. The van der Waals surface area contributed by atoms with Gasteiger partial charge in [-0.2, -0.15) is 0 Å². The lowest BCUT2D eigenvalue weighted by atomic mass is 10.4. The van der Waals surface area contributed by atoms with Crippen molar-refractivity contribution in [2.24, 2.45) is 0 Å². The summed E-state index contributed by atoms with van der Waals surface area (Å²) in [7, 11) is 0. The molecular weight excluding hydrogens is 292 g/mol. The van der Waals surface area contributed by atoms with E-state index in [1.54, 1.807) is 6.07 Å². The Morgan fingerprint density at radius 3 is 2.95 bits per heavy atom. The van der Waals surface area contributed by atoms with Crippen molar-refractivity contribution >= 4 is 23.1 Å². The number of hydrogen-bond donors (Lipinski definition) is 2. The van der Waals surface area contributed by atoms with Gasteiger partial charge in [0.15, 0.2) is 5.69 Å². The first kappa shape index (κ1) is 15.2. The van der Waals surface area contributed by atoms with Crippen LogP contribution in [-0.2, 0) is 6.42 Å². The standard InChI is InChI=1S/C13H16N4O3S/c1-8(2)20-11-5-10(15-7-16-11)14-4-3-12-17-9(6-21-12)13(18)19/h5-8H,3-4H2,1-2H3,(H,18,19)(H,14,15,16). The van der Waals surface area contributed by atoms with Crippen molar-refractivity contribution in [3.8, 4) is 5.88 Å². The van der Waals surface area contributed by atoms with Crippen molar-refractivity contribution in [3.05, 3.63) is 28.5 Å². The summed E-state index contributed by atoms with van der Waals surface area (Å²) < 4.78 is 5.48. The second kappa shape index (κ2) is 6.98. The predicted octanol–water partition coefficient (Wildman–Crippen LogP) is 2.07. The van der Waals surface area contributed by atoms with Gasteiger partial charge in [-0.25, -0.2) is 19.7 Å². The molecule has 0 aliphatic carbocycles. The van der Waals surface area contributed by atoms with Crippen LogP contribution in [0.4, 0.5) is 5.82 Å². The Morgan fingerprint density at radius 1 is 1.48 bits per heavy atom. The minimum Gasteiger partial charge on any atom is -0.476 e. The molecule has 0 bridgehead atoms. The van der Waals surface area contributed by atoms with Crippen LogP contribution in [0.25, 0.3) is 0 Å². The van der Waals surface area contributed by atoms with Gasteiger partial charge in [0.25, 0.3) is 0 Å². The largest absolute Gasteiger partial charge is 0.476 e. The summed E-state index contributed by atoms with van der Waals surface area (Å²) in [6, 6.07) is 1.73. The SMILES string of the molecule is CC(C)Oc1cc(NCCc2nc(C(=O)O)cs2)ncn1. The molecule has 0 unspecified atom stereocenters. The van der Waals surface area contributed by atoms with Crippen LogP contribution >= 0.6 is 11.3 Å². The Kier molecular flexibility index (Phi) is 5.04. The van der Waals surface area contributed by atoms with E-state index < -0.39 is 5.97 Å². The summed E-state index contributed by atoms with van der Waals surface area (Å²) in [4.78, 5) is 22.9. The topological polar surface area (TPSA) is 97.2 Å². The summed E-state index contributed by atoms with van der Waals surface area (Å²) in [5.74, 6) is 0.178. The van der Waals surface area contributed by atoms with Gasteiger partial charge >= 0.3 is 5.97 Å². The molecule has 21 heavy (non-hydrogen) atoms. The Morgan fingerprint density at radius 2 is 2.29 bits per heavy atom. The van der Waals surface area contributed by atoms with Crippen LogP contribution in [0.3, 0.4) is 0 Å². The molecule has 0 saturated carbocycles. The van der Waals surface area contributed by atoms with Gasteiger partial charge in [-0.1, -0.05) is 0 Å². The van der Waals surface area contributed by atoms with E-state index in [1.807, 2.05) is 13.8 Å². The van der Waals surface area contributed by atoms with Crippen LogP contribution in [0.15, 0.2) is 17.8 Å². The van der Waals surface area contributed by atoms with Crippen molar-refractivity contribution in [2.45, 2.75) is 26.4 Å². The van der Waals surface area contributed by atoms with Crippen LogP contribution < -0.4 is 10.1 Å². The number of carboxylic acids is 1. The number of nitrogens with one attached hydrogen (secondary N) is 1. The average molecular weight is 308 g/mol. The number of ether oxygens (including phenoxy) is 1. The van der Waals surface area contributed by atoms with Gasteiger partial charge in [0.1, 0.15) is 12.1 Å². The van der Waals surface area contributed by atoms with Gasteiger partial charge in [-0.05, 0) is 13.8 Å². The number of hydrogen-bond acceptors (Lipinski definition) is 7. The van der Waals surface area contributed by atoms with Gasteiger partial charge in [-0.15, -0.1) is 11.3 Å². The smallest absolute Gasteiger partial charge is 0.355 e. The number of carbonyl (C=O) groups is 1. The molecule has 0 spiro atoms. The zero-order valence-corrected chi connectivity index (χ0v) is 12.6. The molecule has 2 heterocycles. The highest BCUT2D eigenvalue weighted by Crippen LogP contribution is 2.14. The van der Waals surface area contributed by atoms with E-state index in [0.29, 0.717) is 24.7 Å². The van der Waals surface area contributed by atoms with Gasteiger partial charge < -0.3 is 15.2 Å². The Balaban J connectivity index is 1.86. The second-order valence-electron chi connectivity index (χ2n) is 4.52. The number of nitrogens with zero attached hydrogens (tertiary/aromatic N) is 3. The summed E-state index contributed by atoms with van der Waals surface area (Å²) >= 11 is 1.34. The Labute approximate surface area is 126 Å². The zero-order chi connectivity index (χ0) is 15.2. The number of aromatic nitrogens is 3. The molecule has 0 aliphatic heterocycles. The molecule has 112 valence electrons. The molecule has 8 heteroatoms. The fraction of sp³-hybridized carbons (Fsp3) is 0.385. The number of rotatable bonds is 7. The maximum atomic E-state index is 10.7. The lowest BCUT2D eigenvalue weighted by Gasteiger charge is -2.09. The summed E-state index contributed by atoms with van der Waals surface area (Å²) in [5.41, 5.74) is 0.0876. The van der Waals surface area contributed by atoms with Crippen LogP contribution in [0.5, 0.6) is 5.88 Å². The average Bonchev–Trinajstić information content (AvgIpc) is 2.87. The number of aromatic carboxylic acids is 1. The van der Waals surface area contributed by atoms with Crippen molar-refractivity contribution in [3.63, 3.8) is 0 Å². The number of carboxylic acid groups (broad SMARTS) is 1. The minimum absolute atomic E-state index is 0.0532. The summed E-state index contributed by atoms with van der Waals surface area (Å²) in [6.45, 7) is 4.46. The summed E-state index contributed by atoms with van der Waals surface area (Å²) in [5, 5.41) is 14.2.